The van der Waals surface area contributed by atoms with Crippen LogP contribution in [0.1, 0.15) is 12.5 Å². The maximum absolute atomic E-state index is 3.32. The van der Waals surface area contributed by atoms with Crippen molar-refractivity contribution in [3.05, 3.63) is 48.0 Å². The minimum absolute atomic E-state index is 0.950. The molecular weight excluding hydrogens is 146 g/mol. The van der Waals surface area contributed by atoms with E-state index in [2.05, 4.69) is 41.7 Å². The Labute approximate surface area is 74.1 Å². The van der Waals surface area contributed by atoms with Gasteiger partial charge in [0, 0.05) is 13.1 Å². The van der Waals surface area contributed by atoms with Gasteiger partial charge < -0.3 is 5.32 Å². The van der Waals surface area contributed by atoms with Crippen LogP contribution in [0.5, 0.6) is 0 Å². The average molecular weight is 161 g/mol. The van der Waals surface area contributed by atoms with Gasteiger partial charge in [-0.25, -0.2) is 0 Å². The topological polar surface area (TPSA) is 12.0 Å². The van der Waals surface area contributed by atoms with Crippen molar-refractivity contribution in [3.8, 4) is 0 Å². The minimum Gasteiger partial charge on any atom is -0.309 e. The van der Waals surface area contributed by atoms with E-state index in [-0.39, 0.29) is 0 Å². The lowest BCUT2D eigenvalue weighted by Crippen LogP contribution is -2.12. The zero-order valence-corrected chi connectivity index (χ0v) is 7.46. The third-order valence-corrected chi connectivity index (χ3v) is 1.67. The maximum atomic E-state index is 3.32. The summed E-state index contributed by atoms with van der Waals surface area (Å²) in [5.41, 5.74) is 1.34. The summed E-state index contributed by atoms with van der Waals surface area (Å²) in [6.07, 6.45) is 4.17. The Morgan fingerprint density at radius 3 is 2.67 bits per heavy atom. The van der Waals surface area contributed by atoms with Gasteiger partial charge in [0.05, 0.1) is 0 Å². The van der Waals surface area contributed by atoms with Gasteiger partial charge in [-0.05, 0) is 12.5 Å². The van der Waals surface area contributed by atoms with Crippen LogP contribution < -0.4 is 5.32 Å². The third kappa shape index (κ3) is 3.35. The van der Waals surface area contributed by atoms with Gasteiger partial charge in [0.2, 0.25) is 0 Å². The molecule has 0 aliphatic heterocycles. The molecular formula is C11H15N. The van der Waals surface area contributed by atoms with Crippen LogP contribution in [0.2, 0.25) is 0 Å². The maximum Gasteiger partial charge on any atom is 0.0208 e. The minimum atomic E-state index is 0.950. The molecule has 0 saturated carbocycles. The van der Waals surface area contributed by atoms with Gasteiger partial charge in [-0.1, -0.05) is 42.5 Å². The molecule has 0 unspecified atom stereocenters. The zero-order valence-electron chi connectivity index (χ0n) is 7.46. The van der Waals surface area contributed by atoms with E-state index < -0.39 is 0 Å². The molecule has 0 spiro atoms. The second-order valence-electron chi connectivity index (χ2n) is 2.69. The molecule has 0 aliphatic rings. The lowest BCUT2D eigenvalue weighted by Gasteiger charge is -2.00. The summed E-state index contributed by atoms with van der Waals surface area (Å²) in [6.45, 7) is 3.93. The van der Waals surface area contributed by atoms with Crippen molar-refractivity contribution in [2.75, 3.05) is 6.54 Å². The Balaban J connectivity index is 2.24. The molecule has 1 aromatic rings. The van der Waals surface area contributed by atoms with Gasteiger partial charge in [-0.2, -0.15) is 0 Å². The van der Waals surface area contributed by atoms with Crippen LogP contribution in [0.15, 0.2) is 42.5 Å². The Morgan fingerprint density at radius 2 is 2.00 bits per heavy atom. The molecule has 1 aromatic carbocycles. The van der Waals surface area contributed by atoms with E-state index in [9.17, 15) is 0 Å². The molecule has 1 heteroatoms. The van der Waals surface area contributed by atoms with Crippen LogP contribution in [0.4, 0.5) is 0 Å². The number of hydrogen-bond donors (Lipinski definition) is 1. The molecule has 0 aliphatic carbocycles. The average Bonchev–Trinajstić information content (AvgIpc) is 2.14. The van der Waals surface area contributed by atoms with E-state index in [1.54, 1.807) is 0 Å². The van der Waals surface area contributed by atoms with Crippen molar-refractivity contribution < 1.29 is 0 Å². The van der Waals surface area contributed by atoms with Gasteiger partial charge in [0.25, 0.3) is 0 Å². The zero-order chi connectivity index (χ0) is 8.65. The van der Waals surface area contributed by atoms with Crippen LogP contribution in [0.3, 0.4) is 0 Å². The fourth-order valence-electron chi connectivity index (χ4n) is 1.01. The fourth-order valence-corrected chi connectivity index (χ4v) is 1.01. The molecule has 0 saturated heterocycles. The summed E-state index contributed by atoms with van der Waals surface area (Å²) in [5, 5.41) is 3.32. The van der Waals surface area contributed by atoms with Crippen molar-refractivity contribution in [2.45, 2.75) is 13.5 Å². The molecule has 0 heterocycles. The molecule has 0 bridgehead atoms. The predicted octanol–water partition coefficient (Wildman–Crippen LogP) is 2.35. The van der Waals surface area contributed by atoms with Crippen LogP contribution in [-0.2, 0) is 6.54 Å². The largest absolute Gasteiger partial charge is 0.309 e. The molecule has 0 atom stereocenters. The highest BCUT2D eigenvalue weighted by molar-refractivity contribution is 5.14. The first-order valence-electron chi connectivity index (χ1n) is 4.29. The molecule has 12 heavy (non-hydrogen) atoms. The monoisotopic (exact) mass is 161 g/mol. The predicted molar refractivity (Wildman–Crippen MR) is 53.0 cm³/mol. The Hall–Kier alpha value is -1.08. The number of nitrogens with one attached hydrogen (secondary N) is 1. The lowest BCUT2D eigenvalue weighted by molar-refractivity contribution is 0.759. The molecule has 0 radical (unpaired) electrons. The van der Waals surface area contributed by atoms with Gasteiger partial charge in [-0.15, -0.1) is 0 Å². The summed E-state index contributed by atoms with van der Waals surface area (Å²) in [4.78, 5) is 0. The van der Waals surface area contributed by atoms with E-state index in [0.29, 0.717) is 0 Å². The first kappa shape index (κ1) is 9.01. The standard InChI is InChI=1S/C11H15N/c1-2-3-9-12-10-11-7-5-4-6-8-11/h2-8,12H,9-10H2,1H3/b3-2-. The molecule has 1 N–H and O–H groups in total. The summed E-state index contributed by atoms with van der Waals surface area (Å²) in [6, 6.07) is 10.4. The highest BCUT2D eigenvalue weighted by atomic mass is 14.8. The van der Waals surface area contributed by atoms with Gasteiger partial charge >= 0.3 is 0 Å². The highest BCUT2D eigenvalue weighted by Crippen LogP contribution is 1.96. The van der Waals surface area contributed by atoms with Gasteiger partial charge in [0.15, 0.2) is 0 Å². The van der Waals surface area contributed by atoms with Crippen LogP contribution in [0, 0.1) is 0 Å². The van der Waals surface area contributed by atoms with Crippen LogP contribution in [0.25, 0.3) is 0 Å². The van der Waals surface area contributed by atoms with Crippen molar-refractivity contribution in [3.63, 3.8) is 0 Å². The van der Waals surface area contributed by atoms with Crippen LogP contribution >= 0.6 is 0 Å². The number of rotatable bonds is 4. The first-order valence-corrected chi connectivity index (χ1v) is 4.29. The van der Waals surface area contributed by atoms with Crippen molar-refractivity contribution >= 4 is 0 Å². The normalized spacial score (nSPS) is 10.8. The van der Waals surface area contributed by atoms with Crippen LogP contribution in [-0.4, -0.2) is 6.54 Å². The van der Waals surface area contributed by atoms with E-state index >= 15 is 0 Å². The SMILES string of the molecule is C/C=C\CNCc1ccccc1. The molecule has 0 fully saturated rings. The number of benzene rings is 1. The van der Waals surface area contributed by atoms with E-state index in [4.69, 9.17) is 0 Å². The van der Waals surface area contributed by atoms with E-state index in [1.807, 2.05) is 13.0 Å². The van der Waals surface area contributed by atoms with E-state index in [1.165, 1.54) is 5.56 Å². The van der Waals surface area contributed by atoms with Crippen molar-refractivity contribution in [1.82, 2.24) is 5.32 Å². The Bertz CT molecular complexity index is 226. The van der Waals surface area contributed by atoms with Crippen molar-refractivity contribution in [2.24, 2.45) is 0 Å². The van der Waals surface area contributed by atoms with E-state index in [0.717, 1.165) is 13.1 Å². The molecule has 1 rings (SSSR count). The molecule has 1 nitrogen and oxygen atoms in total. The quantitative estimate of drug-likeness (QED) is 0.528. The van der Waals surface area contributed by atoms with Crippen molar-refractivity contribution in [1.29, 1.82) is 0 Å². The second kappa shape index (κ2) is 5.56. The lowest BCUT2D eigenvalue weighted by atomic mass is 10.2. The first-order chi connectivity index (χ1) is 5.93. The van der Waals surface area contributed by atoms with Gasteiger partial charge in [0.1, 0.15) is 0 Å². The highest BCUT2D eigenvalue weighted by Gasteiger charge is 1.86. The second-order valence-corrected chi connectivity index (χ2v) is 2.69. The number of allylic oxidation sites excluding steroid dienone is 1. The Kier molecular flexibility index (Phi) is 4.17. The number of hydrogen-bond acceptors (Lipinski definition) is 1. The fraction of sp³-hybridized carbons (Fsp3) is 0.273. The summed E-state index contributed by atoms with van der Waals surface area (Å²) >= 11 is 0. The molecule has 64 valence electrons. The summed E-state index contributed by atoms with van der Waals surface area (Å²) < 4.78 is 0. The summed E-state index contributed by atoms with van der Waals surface area (Å²) in [7, 11) is 0. The smallest absolute Gasteiger partial charge is 0.0208 e. The Morgan fingerprint density at radius 1 is 1.25 bits per heavy atom. The third-order valence-electron chi connectivity index (χ3n) is 1.67. The summed E-state index contributed by atoms with van der Waals surface area (Å²) in [5.74, 6) is 0. The molecule has 0 amide bonds. The molecule has 0 aromatic heterocycles. The van der Waals surface area contributed by atoms with Gasteiger partial charge in [-0.3, -0.25) is 0 Å².